The van der Waals surface area contributed by atoms with E-state index in [1.54, 1.807) is 7.11 Å². The van der Waals surface area contributed by atoms with Gasteiger partial charge in [-0.1, -0.05) is 5.16 Å². The molecule has 5 nitrogen and oxygen atoms in total. The molecule has 2 atom stereocenters. The highest BCUT2D eigenvalue weighted by molar-refractivity contribution is 5.54. The molecule has 0 bridgehead atoms. The summed E-state index contributed by atoms with van der Waals surface area (Å²) >= 11 is 0. The van der Waals surface area contributed by atoms with Gasteiger partial charge < -0.3 is 14.6 Å². The number of halogens is 2. The number of ether oxygens (including phenoxy) is 1. The molecule has 0 saturated carbocycles. The first-order valence-corrected chi connectivity index (χ1v) is 6.22. The van der Waals surface area contributed by atoms with Crippen LogP contribution in [0.2, 0.25) is 0 Å². The quantitative estimate of drug-likeness (QED) is 0.933. The van der Waals surface area contributed by atoms with E-state index in [1.165, 1.54) is 0 Å². The fourth-order valence-electron chi connectivity index (χ4n) is 2.25. The summed E-state index contributed by atoms with van der Waals surface area (Å²) in [4.78, 5) is 4.18. The van der Waals surface area contributed by atoms with Crippen LogP contribution in [0.15, 0.2) is 22.7 Å². The molecule has 0 aliphatic carbocycles. The molecule has 106 valence electrons. The monoisotopic (exact) mass is 281 g/mol. The molecule has 1 aromatic heterocycles. The average molecular weight is 281 g/mol. The molecule has 0 amide bonds. The van der Waals surface area contributed by atoms with Crippen LogP contribution in [0.25, 0.3) is 11.4 Å². The van der Waals surface area contributed by atoms with E-state index in [0.717, 1.165) is 24.6 Å². The lowest BCUT2D eigenvalue weighted by Gasteiger charge is -2.04. The summed E-state index contributed by atoms with van der Waals surface area (Å²) in [6, 6.07) is 3.03. The molecule has 2 heterocycles. The SMILES string of the molecule is CO[C@@H]1CN[C@@H](c2nc(-c3cc(F)cc(F)c3)no2)C1. The van der Waals surface area contributed by atoms with Crippen molar-refractivity contribution in [3.63, 3.8) is 0 Å². The van der Waals surface area contributed by atoms with Crippen molar-refractivity contribution in [2.24, 2.45) is 0 Å². The third-order valence-electron chi connectivity index (χ3n) is 3.28. The van der Waals surface area contributed by atoms with Gasteiger partial charge in [0, 0.05) is 25.3 Å². The van der Waals surface area contributed by atoms with Gasteiger partial charge in [-0.05, 0) is 18.6 Å². The smallest absolute Gasteiger partial charge is 0.244 e. The molecule has 20 heavy (non-hydrogen) atoms. The van der Waals surface area contributed by atoms with Crippen LogP contribution in [-0.2, 0) is 4.74 Å². The highest BCUT2D eigenvalue weighted by Crippen LogP contribution is 2.26. The molecule has 7 heteroatoms. The van der Waals surface area contributed by atoms with E-state index < -0.39 is 11.6 Å². The van der Waals surface area contributed by atoms with Crippen LogP contribution >= 0.6 is 0 Å². The van der Waals surface area contributed by atoms with E-state index in [1.807, 2.05) is 0 Å². The second-order valence-electron chi connectivity index (χ2n) is 4.67. The standard InChI is InChI=1S/C13H13F2N3O2/c1-19-10-5-11(16-6-10)13-17-12(18-20-13)7-2-8(14)4-9(15)3-7/h2-4,10-11,16H,5-6H2,1H3/t10-,11+/m0/s1. The predicted octanol–water partition coefficient (Wildman–Crippen LogP) is 2.06. The molecule has 1 saturated heterocycles. The second kappa shape index (κ2) is 5.26. The van der Waals surface area contributed by atoms with E-state index in [9.17, 15) is 8.78 Å². The summed E-state index contributed by atoms with van der Waals surface area (Å²) in [7, 11) is 1.64. The van der Waals surface area contributed by atoms with Crippen LogP contribution in [0.1, 0.15) is 18.4 Å². The number of hydrogen-bond donors (Lipinski definition) is 1. The summed E-state index contributed by atoms with van der Waals surface area (Å²) in [6.45, 7) is 0.702. The Kier molecular flexibility index (Phi) is 3.45. The highest BCUT2D eigenvalue weighted by atomic mass is 19.1. The van der Waals surface area contributed by atoms with Gasteiger partial charge in [0.05, 0.1) is 12.1 Å². The lowest BCUT2D eigenvalue weighted by Crippen LogP contribution is -2.16. The van der Waals surface area contributed by atoms with E-state index in [4.69, 9.17) is 9.26 Å². The van der Waals surface area contributed by atoms with Gasteiger partial charge in [0.15, 0.2) is 0 Å². The minimum absolute atomic E-state index is 0.0976. The number of aromatic nitrogens is 2. The van der Waals surface area contributed by atoms with Crippen LogP contribution in [0.4, 0.5) is 8.78 Å². The topological polar surface area (TPSA) is 60.2 Å². The van der Waals surface area contributed by atoms with Crippen LogP contribution in [0, 0.1) is 11.6 Å². The Bertz CT molecular complexity index is 597. The maximum absolute atomic E-state index is 13.2. The zero-order chi connectivity index (χ0) is 14.1. The highest BCUT2D eigenvalue weighted by Gasteiger charge is 2.29. The molecule has 0 radical (unpaired) electrons. The Morgan fingerprint density at radius 3 is 2.70 bits per heavy atom. The fourth-order valence-corrected chi connectivity index (χ4v) is 2.25. The summed E-state index contributed by atoms with van der Waals surface area (Å²) in [6.07, 6.45) is 0.817. The molecule has 2 aromatic rings. The number of hydrogen-bond acceptors (Lipinski definition) is 5. The molecule has 1 aliphatic rings. The molecule has 0 spiro atoms. The van der Waals surface area contributed by atoms with Crippen LogP contribution < -0.4 is 5.32 Å². The number of methoxy groups -OCH3 is 1. The maximum atomic E-state index is 13.2. The van der Waals surface area contributed by atoms with Gasteiger partial charge in [0.2, 0.25) is 11.7 Å². The predicted molar refractivity (Wildman–Crippen MR) is 65.8 cm³/mol. The second-order valence-corrected chi connectivity index (χ2v) is 4.67. The van der Waals surface area contributed by atoms with Crippen LogP contribution in [0.5, 0.6) is 0 Å². The van der Waals surface area contributed by atoms with Crippen molar-refractivity contribution < 1.29 is 18.0 Å². The lowest BCUT2D eigenvalue weighted by molar-refractivity contribution is 0.116. The van der Waals surface area contributed by atoms with Gasteiger partial charge in [-0.2, -0.15) is 4.98 Å². The van der Waals surface area contributed by atoms with Gasteiger partial charge in [-0.3, -0.25) is 0 Å². The van der Waals surface area contributed by atoms with Gasteiger partial charge in [0.1, 0.15) is 11.6 Å². The minimum atomic E-state index is -0.676. The third-order valence-corrected chi connectivity index (χ3v) is 3.28. The normalized spacial score (nSPS) is 22.4. The van der Waals surface area contributed by atoms with E-state index >= 15 is 0 Å². The maximum Gasteiger partial charge on any atom is 0.244 e. The van der Waals surface area contributed by atoms with Crippen molar-refractivity contribution in [2.75, 3.05) is 13.7 Å². The lowest BCUT2D eigenvalue weighted by atomic mass is 10.2. The number of benzene rings is 1. The van der Waals surface area contributed by atoms with Crippen molar-refractivity contribution in [1.82, 2.24) is 15.5 Å². The van der Waals surface area contributed by atoms with Gasteiger partial charge >= 0.3 is 0 Å². The first-order chi connectivity index (χ1) is 9.65. The Labute approximate surface area is 113 Å². The Hall–Kier alpha value is -1.86. The molecule has 3 rings (SSSR count). The van der Waals surface area contributed by atoms with Crippen molar-refractivity contribution in [2.45, 2.75) is 18.6 Å². The molecule has 1 N–H and O–H groups in total. The van der Waals surface area contributed by atoms with Crippen molar-refractivity contribution in [1.29, 1.82) is 0 Å². The van der Waals surface area contributed by atoms with Crippen molar-refractivity contribution in [3.05, 3.63) is 35.7 Å². The zero-order valence-electron chi connectivity index (χ0n) is 10.8. The van der Waals surface area contributed by atoms with Crippen molar-refractivity contribution >= 4 is 0 Å². The molecular formula is C13H13F2N3O2. The first-order valence-electron chi connectivity index (χ1n) is 6.22. The molecule has 1 aromatic carbocycles. The number of nitrogens with one attached hydrogen (secondary N) is 1. The molecular weight excluding hydrogens is 268 g/mol. The van der Waals surface area contributed by atoms with Gasteiger partial charge in [0.25, 0.3) is 0 Å². The summed E-state index contributed by atoms with van der Waals surface area (Å²) in [5.41, 5.74) is 0.249. The minimum Gasteiger partial charge on any atom is -0.380 e. The first kappa shape index (κ1) is 13.1. The largest absolute Gasteiger partial charge is 0.380 e. The van der Waals surface area contributed by atoms with Gasteiger partial charge in [-0.15, -0.1) is 0 Å². The van der Waals surface area contributed by atoms with Crippen LogP contribution in [-0.4, -0.2) is 29.9 Å². The summed E-state index contributed by atoms with van der Waals surface area (Å²) in [5, 5.41) is 6.96. The van der Waals surface area contributed by atoms with E-state index in [2.05, 4.69) is 15.5 Å². The van der Waals surface area contributed by atoms with E-state index in [-0.39, 0.29) is 23.5 Å². The fraction of sp³-hybridized carbons (Fsp3) is 0.385. The Balaban J connectivity index is 1.83. The van der Waals surface area contributed by atoms with Crippen molar-refractivity contribution in [3.8, 4) is 11.4 Å². The number of nitrogens with zero attached hydrogens (tertiary/aromatic N) is 2. The zero-order valence-corrected chi connectivity index (χ0v) is 10.8. The Morgan fingerprint density at radius 1 is 1.30 bits per heavy atom. The average Bonchev–Trinajstić information content (AvgIpc) is 3.06. The summed E-state index contributed by atoms with van der Waals surface area (Å²) in [5.74, 6) is -0.792. The van der Waals surface area contributed by atoms with Gasteiger partial charge in [-0.25, -0.2) is 8.78 Å². The molecule has 1 aliphatic heterocycles. The van der Waals surface area contributed by atoms with Crippen LogP contribution in [0.3, 0.4) is 0 Å². The molecule has 0 unspecified atom stereocenters. The summed E-state index contributed by atoms with van der Waals surface area (Å²) < 4.78 is 36.7. The Morgan fingerprint density at radius 2 is 2.05 bits per heavy atom. The third kappa shape index (κ3) is 2.54. The molecule has 1 fully saturated rings. The van der Waals surface area contributed by atoms with E-state index in [0.29, 0.717) is 12.4 Å². The number of rotatable bonds is 3.